The highest BCUT2D eigenvalue weighted by Gasteiger charge is 2.29. The van der Waals surface area contributed by atoms with E-state index in [1.807, 2.05) is 12.5 Å². The molecule has 1 aliphatic heterocycles. The van der Waals surface area contributed by atoms with Crippen molar-refractivity contribution in [3.8, 4) is 11.9 Å². The maximum absolute atomic E-state index is 8.85. The highest BCUT2D eigenvalue weighted by atomic mass is 16.5. The van der Waals surface area contributed by atoms with E-state index in [1.165, 1.54) is 31.4 Å². The van der Waals surface area contributed by atoms with Gasteiger partial charge in [-0.25, -0.2) is 9.97 Å². The van der Waals surface area contributed by atoms with Crippen LogP contribution in [0.4, 0.5) is 0 Å². The molecule has 130 valence electrons. The summed E-state index contributed by atoms with van der Waals surface area (Å²) in [5.74, 6) is 0.981. The average Bonchev–Trinajstić information content (AvgIpc) is 3.29. The van der Waals surface area contributed by atoms with Gasteiger partial charge in [0, 0.05) is 50.1 Å². The normalized spacial score (nSPS) is 21.5. The van der Waals surface area contributed by atoms with Gasteiger partial charge in [-0.05, 0) is 18.9 Å². The first-order chi connectivity index (χ1) is 12.3. The quantitative estimate of drug-likeness (QED) is 0.858. The molecule has 0 saturated heterocycles. The minimum atomic E-state index is 0.397. The van der Waals surface area contributed by atoms with Crippen molar-refractivity contribution in [1.82, 2.24) is 19.4 Å². The number of rotatable bonds is 4. The molecule has 1 fully saturated rings. The summed E-state index contributed by atoms with van der Waals surface area (Å²) in [4.78, 5) is 11.2. The molecule has 0 spiro atoms. The molecular weight excluding hydrogens is 314 g/mol. The molecule has 6 nitrogen and oxygen atoms in total. The van der Waals surface area contributed by atoms with E-state index >= 15 is 0 Å². The topological polar surface area (TPSA) is 67.0 Å². The zero-order chi connectivity index (χ0) is 17.1. The summed E-state index contributed by atoms with van der Waals surface area (Å²) in [5, 5.41) is 8.85. The van der Waals surface area contributed by atoms with Crippen LogP contribution in [0.3, 0.4) is 0 Å². The van der Waals surface area contributed by atoms with Gasteiger partial charge in [-0.3, -0.25) is 4.90 Å². The van der Waals surface area contributed by atoms with Crippen LogP contribution in [0.5, 0.6) is 5.88 Å². The molecule has 0 N–H and O–H groups in total. The number of nitriles is 1. The summed E-state index contributed by atoms with van der Waals surface area (Å²) in [6, 6.07) is 6.28. The molecule has 0 aromatic carbocycles. The standard InChI is InChI=1S/C19H23N5O/c20-7-15-5-6-19(22-8-15)25-13-16-10-23(17-3-1-2-4-17)12-18-9-21-14-24(18)11-16/h5-6,8-9,14,16-17H,1-4,10-13H2/t16-/m0/s1. The predicted molar refractivity (Wildman–Crippen MR) is 92.8 cm³/mol. The Kier molecular flexibility index (Phi) is 4.66. The zero-order valence-corrected chi connectivity index (χ0v) is 14.3. The SMILES string of the molecule is N#Cc1ccc(OC[C@H]2CN(C3CCCC3)Cc3cncn3C2)nc1. The van der Waals surface area contributed by atoms with Gasteiger partial charge in [0.2, 0.25) is 5.88 Å². The molecule has 0 unspecified atom stereocenters. The average molecular weight is 337 g/mol. The van der Waals surface area contributed by atoms with Gasteiger partial charge in [0.25, 0.3) is 0 Å². The van der Waals surface area contributed by atoms with E-state index in [2.05, 4.69) is 25.5 Å². The molecule has 1 saturated carbocycles. The van der Waals surface area contributed by atoms with E-state index < -0.39 is 0 Å². The van der Waals surface area contributed by atoms with Crippen molar-refractivity contribution in [2.24, 2.45) is 5.92 Å². The monoisotopic (exact) mass is 337 g/mol. The highest BCUT2D eigenvalue weighted by Crippen LogP contribution is 2.28. The highest BCUT2D eigenvalue weighted by molar-refractivity contribution is 5.28. The van der Waals surface area contributed by atoms with Gasteiger partial charge < -0.3 is 9.30 Å². The maximum atomic E-state index is 8.85. The van der Waals surface area contributed by atoms with E-state index in [9.17, 15) is 0 Å². The van der Waals surface area contributed by atoms with Crippen molar-refractivity contribution >= 4 is 0 Å². The number of fused-ring (bicyclic) bond motifs is 1. The van der Waals surface area contributed by atoms with E-state index in [1.54, 1.807) is 18.3 Å². The van der Waals surface area contributed by atoms with Crippen LogP contribution in [0, 0.1) is 17.2 Å². The third-order valence-corrected chi connectivity index (χ3v) is 5.28. The molecule has 25 heavy (non-hydrogen) atoms. The van der Waals surface area contributed by atoms with E-state index in [-0.39, 0.29) is 0 Å². The van der Waals surface area contributed by atoms with Gasteiger partial charge in [-0.1, -0.05) is 12.8 Å². The maximum Gasteiger partial charge on any atom is 0.213 e. The van der Waals surface area contributed by atoms with E-state index in [0.717, 1.165) is 19.6 Å². The van der Waals surface area contributed by atoms with E-state index in [0.29, 0.717) is 30.0 Å². The molecule has 0 bridgehead atoms. The number of hydrogen-bond donors (Lipinski definition) is 0. The Morgan fingerprint density at radius 2 is 2.08 bits per heavy atom. The summed E-state index contributed by atoms with van der Waals surface area (Å²) >= 11 is 0. The number of pyridine rings is 1. The molecule has 2 aliphatic rings. The number of nitrogens with zero attached hydrogens (tertiary/aromatic N) is 5. The summed E-state index contributed by atoms with van der Waals surface area (Å²) in [6.45, 7) is 3.58. The van der Waals surface area contributed by atoms with Crippen LogP contribution in [-0.4, -0.2) is 38.6 Å². The molecule has 2 aromatic rings. The molecule has 4 rings (SSSR count). The summed E-state index contributed by atoms with van der Waals surface area (Å²) in [7, 11) is 0. The summed E-state index contributed by atoms with van der Waals surface area (Å²) in [6.07, 6.45) is 10.8. The summed E-state index contributed by atoms with van der Waals surface area (Å²) < 4.78 is 8.18. The zero-order valence-electron chi connectivity index (χ0n) is 14.3. The van der Waals surface area contributed by atoms with Gasteiger partial charge in [0.15, 0.2) is 0 Å². The Bertz CT molecular complexity index is 742. The summed E-state index contributed by atoms with van der Waals surface area (Å²) in [5.41, 5.74) is 1.85. The first-order valence-corrected chi connectivity index (χ1v) is 9.04. The number of imidazole rings is 1. The molecule has 1 aliphatic carbocycles. The molecule has 1 atom stereocenters. The number of ether oxygens (including phenoxy) is 1. The Morgan fingerprint density at radius 1 is 1.20 bits per heavy atom. The fourth-order valence-corrected chi connectivity index (χ4v) is 3.97. The second kappa shape index (κ2) is 7.24. The fraction of sp³-hybridized carbons (Fsp3) is 0.526. The third kappa shape index (κ3) is 3.67. The van der Waals surface area contributed by atoms with Crippen LogP contribution in [0.25, 0.3) is 0 Å². The van der Waals surface area contributed by atoms with E-state index in [4.69, 9.17) is 10.00 Å². The van der Waals surface area contributed by atoms with Crippen molar-refractivity contribution in [3.63, 3.8) is 0 Å². The Balaban J connectivity index is 1.45. The van der Waals surface area contributed by atoms with Crippen LogP contribution in [0.1, 0.15) is 36.9 Å². The minimum Gasteiger partial charge on any atom is -0.477 e. The number of aromatic nitrogens is 3. The van der Waals surface area contributed by atoms with Crippen molar-refractivity contribution in [2.45, 2.75) is 44.8 Å². The van der Waals surface area contributed by atoms with Gasteiger partial charge in [-0.15, -0.1) is 0 Å². The van der Waals surface area contributed by atoms with Gasteiger partial charge in [0.1, 0.15) is 6.07 Å². The van der Waals surface area contributed by atoms with Crippen LogP contribution in [-0.2, 0) is 13.1 Å². The van der Waals surface area contributed by atoms with Gasteiger partial charge in [-0.2, -0.15) is 5.26 Å². The van der Waals surface area contributed by atoms with Crippen molar-refractivity contribution in [3.05, 3.63) is 42.1 Å². The van der Waals surface area contributed by atoms with Gasteiger partial charge in [0.05, 0.1) is 24.2 Å². The van der Waals surface area contributed by atoms with Crippen molar-refractivity contribution < 1.29 is 4.74 Å². The predicted octanol–water partition coefficient (Wildman–Crippen LogP) is 2.60. The molecule has 0 amide bonds. The second-order valence-corrected chi connectivity index (χ2v) is 7.08. The van der Waals surface area contributed by atoms with Crippen LogP contribution >= 0.6 is 0 Å². The first-order valence-electron chi connectivity index (χ1n) is 9.04. The Morgan fingerprint density at radius 3 is 2.84 bits per heavy atom. The molecule has 2 aromatic heterocycles. The van der Waals surface area contributed by atoms with Crippen LogP contribution in [0.15, 0.2) is 30.9 Å². The lowest BCUT2D eigenvalue weighted by Gasteiger charge is -2.29. The molecular formula is C19H23N5O. The lowest BCUT2D eigenvalue weighted by molar-refractivity contribution is 0.133. The molecule has 3 heterocycles. The lowest BCUT2D eigenvalue weighted by atomic mass is 10.1. The van der Waals surface area contributed by atoms with Crippen molar-refractivity contribution in [2.75, 3.05) is 13.2 Å². The fourth-order valence-electron chi connectivity index (χ4n) is 3.97. The minimum absolute atomic E-state index is 0.397. The second-order valence-electron chi connectivity index (χ2n) is 7.08. The third-order valence-electron chi connectivity index (χ3n) is 5.28. The lowest BCUT2D eigenvalue weighted by Crippen LogP contribution is -2.37. The smallest absolute Gasteiger partial charge is 0.213 e. The first kappa shape index (κ1) is 16.1. The van der Waals surface area contributed by atoms with Crippen LogP contribution < -0.4 is 4.74 Å². The van der Waals surface area contributed by atoms with Crippen LogP contribution in [0.2, 0.25) is 0 Å². The number of hydrogen-bond acceptors (Lipinski definition) is 5. The Labute approximate surface area is 148 Å². The Hall–Kier alpha value is -2.39. The van der Waals surface area contributed by atoms with Crippen molar-refractivity contribution in [1.29, 1.82) is 5.26 Å². The van der Waals surface area contributed by atoms with Gasteiger partial charge >= 0.3 is 0 Å². The molecule has 0 radical (unpaired) electrons. The molecule has 6 heteroatoms. The largest absolute Gasteiger partial charge is 0.477 e.